The van der Waals surface area contributed by atoms with Crippen molar-refractivity contribution < 1.29 is 8.83 Å². The maximum atomic E-state index is 7.16. The second kappa shape index (κ2) is 13.7. The average Bonchev–Trinajstić information content (AvgIpc) is 3.92. The molecule has 0 saturated carbocycles. The molecule has 0 aliphatic heterocycles. The quantitative estimate of drug-likeness (QED) is 0.161. The second-order valence-corrected chi connectivity index (χ2v) is 16.0. The van der Waals surface area contributed by atoms with Gasteiger partial charge in [-0.25, -0.2) is 19.9 Å². The Hall–Kier alpha value is -8.22. The van der Waals surface area contributed by atoms with Gasteiger partial charge in [0.25, 0.3) is 0 Å². The summed E-state index contributed by atoms with van der Waals surface area (Å²) in [4.78, 5) is 21.1. The van der Waals surface area contributed by atoms with E-state index in [1.165, 1.54) is 10.8 Å². The molecular weight excluding hydrogens is 761 g/mol. The Morgan fingerprint density at radius 2 is 1.05 bits per heavy atom. The minimum absolute atomic E-state index is 0.533. The molecule has 0 unspecified atom stereocenters. The molecule has 13 rings (SSSR count). The smallest absolute Gasteiger partial charge is 0.167 e. The molecular formula is C56H34N4O2. The minimum atomic E-state index is 0.533. The topological polar surface area (TPSA) is 77.8 Å². The zero-order valence-electron chi connectivity index (χ0n) is 33.3. The number of hydrogen-bond donors (Lipinski definition) is 0. The molecule has 4 aromatic heterocycles. The fraction of sp³-hybridized carbons (Fsp3) is 0.0357. The zero-order valence-corrected chi connectivity index (χ0v) is 33.3. The third-order valence-electron chi connectivity index (χ3n) is 12.3. The number of rotatable bonds is 5. The first-order chi connectivity index (χ1) is 30.7. The summed E-state index contributed by atoms with van der Waals surface area (Å²) in [6, 6.07) is 58.8. The van der Waals surface area contributed by atoms with Crippen molar-refractivity contribution in [2.45, 2.75) is 12.8 Å². The van der Waals surface area contributed by atoms with Crippen LogP contribution in [0.1, 0.15) is 24.2 Å². The van der Waals surface area contributed by atoms with Crippen molar-refractivity contribution in [1.82, 2.24) is 19.9 Å². The fourth-order valence-corrected chi connectivity index (χ4v) is 9.41. The zero-order chi connectivity index (χ0) is 40.7. The predicted molar refractivity (Wildman–Crippen MR) is 253 cm³/mol. The number of fused-ring (bicyclic) bond motifs is 11. The Labute approximate surface area is 355 Å². The van der Waals surface area contributed by atoms with Gasteiger partial charge in [0, 0.05) is 54.4 Å². The van der Waals surface area contributed by atoms with Gasteiger partial charge in [0.1, 0.15) is 22.3 Å². The van der Waals surface area contributed by atoms with Crippen molar-refractivity contribution in [2.75, 3.05) is 0 Å². The van der Waals surface area contributed by atoms with E-state index in [9.17, 15) is 0 Å². The molecule has 0 fully saturated rings. The van der Waals surface area contributed by atoms with Crippen molar-refractivity contribution in [3.8, 4) is 34.0 Å². The SMILES string of the molecule is C1=C(c2ccccc2)C(c2nc(-c3ccc4c(c3)oc3ccccc34)nc(-c3cccc4c3oc3c4ccc4c(-c5ccc6ccccc6c5)nc5ccccc5c43)n2)=CCC1. The van der Waals surface area contributed by atoms with Crippen molar-refractivity contribution in [3.05, 3.63) is 193 Å². The maximum Gasteiger partial charge on any atom is 0.167 e. The van der Waals surface area contributed by atoms with Gasteiger partial charge in [-0.1, -0.05) is 140 Å². The van der Waals surface area contributed by atoms with Crippen LogP contribution in [-0.2, 0) is 0 Å². The minimum Gasteiger partial charge on any atom is -0.456 e. The van der Waals surface area contributed by atoms with Crippen LogP contribution in [0.5, 0.6) is 0 Å². The summed E-state index contributed by atoms with van der Waals surface area (Å²) in [5.41, 5.74) is 10.9. The molecule has 1 aliphatic rings. The molecule has 4 heterocycles. The first kappa shape index (κ1) is 34.6. The molecule has 0 amide bonds. The van der Waals surface area contributed by atoms with E-state index >= 15 is 0 Å². The van der Waals surface area contributed by atoms with Gasteiger partial charge in [0.05, 0.1) is 16.8 Å². The molecule has 12 aromatic rings. The molecule has 1 aliphatic carbocycles. The van der Waals surface area contributed by atoms with E-state index in [1.807, 2.05) is 36.4 Å². The van der Waals surface area contributed by atoms with Gasteiger partial charge in [0.15, 0.2) is 17.5 Å². The Balaban J connectivity index is 1.05. The summed E-state index contributed by atoms with van der Waals surface area (Å²) >= 11 is 0. The number of aromatic nitrogens is 4. The Bertz CT molecular complexity index is 3880. The molecule has 0 atom stereocenters. The lowest BCUT2D eigenvalue weighted by molar-refractivity contribution is 0.669. The molecule has 0 saturated heterocycles. The Morgan fingerprint density at radius 3 is 1.97 bits per heavy atom. The Morgan fingerprint density at radius 1 is 0.371 bits per heavy atom. The first-order valence-corrected chi connectivity index (χ1v) is 21.0. The van der Waals surface area contributed by atoms with Crippen LogP contribution < -0.4 is 0 Å². The van der Waals surface area contributed by atoms with Crippen LogP contribution in [0.3, 0.4) is 0 Å². The molecule has 0 N–H and O–H groups in total. The van der Waals surface area contributed by atoms with Crippen molar-refractivity contribution >= 4 is 87.5 Å². The molecule has 0 radical (unpaired) electrons. The van der Waals surface area contributed by atoms with Crippen molar-refractivity contribution in [2.24, 2.45) is 0 Å². The summed E-state index contributed by atoms with van der Waals surface area (Å²) in [6.45, 7) is 0. The predicted octanol–water partition coefficient (Wildman–Crippen LogP) is 14.8. The maximum absolute atomic E-state index is 7.16. The lowest BCUT2D eigenvalue weighted by Crippen LogP contribution is -2.05. The Kier molecular flexibility index (Phi) is 7.63. The van der Waals surface area contributed by atoms with Gasteiger partial charge >= 0.3 is 0 Å². The molecule has 0 bridgehead atoms. The van der Waals surface area contributed by atoms with Gasteiger partial charge in [-0.05, 0) is 77.2 Å². The van der Waals surface area contributed by atoms with E-state index in [0.717, 1.165) is 117 Å². The molecule has 0 spiro atoms. The highest BCUT2D eigenvalue weighted by molar-refractivity contribution is 6.25. The van der Waals surface area contributed by atoms with Crippen molar-refractivity contribution in [1.29, 1.82) is 0 Å². The number of allylic oxidation sites excluding steroid dienone is 4. The summed E-state index contributed by atoms with van der Waals surface area (Å²) in [5.74, 6) is 1.70. The third-order valence-corrected chi connectivity index (χ3v) is 12.3. The van der Waals surface area contributed by atoms with E-state index in [0.29, 0.717) is 17.5 Å². The lowest BCUT2D eigenvalue weighted by atomic mass is 9.91. The average molecular weight is 795 g/mol. The van der Waals surface area contributed by atoms with E-state index < -0.39 is 0 Å². The van der Waals surface area contributed by atoms with Gasteiger partial charge in [0.2, 0.25) is 0 Å². The standard InChI is InChI=1S/C56H34N4O2/c1-2-14-34(15-3-1)38-17-6-7-19-43(38)55-58-54(37-27-28-40-39-18-9-11-24-48(39)61-49(40)32-37)59-56(60-55)46-22-12-21-41-42-29-30-45-50(53(42)62-52(41)46)44-20-8-10-23-47(44)57-51(45)36-26-25-33-13-4-5-16-35(33)31-36/h1-5,8-32H,6-7H2. The number of nitrogens with zero attached hydrogens (tertiary/aromatic N) is 4. The largest absolute Gasteiger partial charge is 0.456 e. The van der Waals surface area contributed by atoms with Gasteiger partial charge in [-0.15, -0.1) is 0 Å². The van der Waals surface area contributed by atoms with Gasteiger partial charge in [-0.2, -0.15) is 0 Å². The van der Waals surface area contributed by atoms with Crippen molar-refractivity contribution in [3.63, 3.8) is 0 Å². The van der Waals surface area contributed by atoms with Crippen LogP contribution in [0, 0.1) is 0 Å². The van der Waals surface area contributed by atoms with Crippen LogP contribution in [-0.4, -0.2) is 19.9 Å². The summed E-state index contributed by atoms with van der Waals surface area (Å²) in [5, 5.41) is 9.59. The summed E-state index contributed by atoms with van der Waals surface area (Å²) in [6.07, 6.45) is 6.39. The number of hydrogen-bond acceptors (Lipinski definition) is 6. The van der Waals surface area contributed by atoms with E-state index in [1.54, 1.807) is 0 Å². The number of furan rings is 2. The normalized spacial score (nSPS) is 13.2. The monoisotopic (exact) mass is 794 g/mol. The highest BCUT2D eigenvalue weighted by atomic mass is 16.3. The van der Waals surface area contributed by atoms with Gasteiger partial charge < -0.3 is 8.83 Å². The van der Waals surface area contributed by atoms with Crippen LogP contribution in [0.25, 0.3) is 122 Å². The van der Waals surface area contributed by atoms with Crippen LogP contribution in [0.15, 0.2) is 191 Å². The summed E-state index contributed by atoms with van der Waals surface area (Å²) < 4.78 is 13.5. The van der Waals surface area contributed by atoms with Crippen LogP contribution in [0.4, 0.5) is 0 Å². The van der Waals surface area contributed by atoms with Crippen LogP contribution in [0.2, 0.25) is 0 Å². The lowest BCUT2D eigenvalue weighted by Gasteiger charge is -2.17. The van der Waals surface area contributed by atoms with Crippen LogP contribution >= 0.6 is 0 Å². The third kappa shape index (κ3) is 5.43. The molecule has 62 heavy (non-hydrogen) atoms. The number of benzene rings is 8. The number of para-hydroxylation sites is 3. The highest BCUT2D eigenvalue weighted by Crippen LogP contribution is 2.44. The molecule has 6 heteroatoms. The highest BCUT2D eigenvalue weighted by Gasteiger charge is 2.24. The second-order valence-electron chi connectivity index (χ2n) is 16.0. The first-order valence-electron chi connectivity index (χ1n) is 21.0. The fourth-order valence-electron chi connectivity index (χ4n) is 9.41. The molecule has 290 valence electrons. The van der Waals surface area contributed by atoms with E-state index in [4.69, 9.17) is 28.8 Å². The summed E-state index contributed by atoms with van der Waals surface area (Å²) in [7, 11) is 0. The van der Waals surface area contributed by atoms with Gasteiger partial charge in [-0.3, -0.25) is 0 Å². The van der Waals surface area contributed by atoms with E-state index in [2.05, 4.69) is 146 Å². The number of pyridine rings is 1. The molecule has 8 aromatic carbocycles. The molecule has 6 nitrogen and oxygen atoms in total. The van der Waals surface area contributed by atoms with E-state index in [-0.39, 0.29) is 0 Å².